The van der Waals surface area contributed by atoms with Crippen LogP contribution in [0.3, 0.4) is 0 Å². The van der Waals surface area contributed by atoms with Crippen molar-refractivity contribution in [1.82, 2.24) is 15.0 Å². The van der Waals surface area contributed by atoms with Gasteiger partial charge in [0.05, 0.1) is 0 Å². The van der Waals surface area contributed by atoms with Gasteiger partial charge in [-0.3, -0.25) is 0 Å². The van der Waals surface area contributed by atoms with Crippen molar-refractivity contribution < 1.29 is 0 Å². The third kappa shape index (κ3) is 3.91. The summed E-state index contributed by atoms with van der Waals surface area (Å²) in [5.41, 5.74) is 8.78. The Kier molecular flexibility index (Phi) is 5.71. The van der Waals surface area contributed by atoms with E-state index < -0.39 is 0 Å². The fraction of sp³-hybridized carbons (Fsp3) is 0.0571. The van der Waals surface area contributed by atoms with E-state index in [-0.39, 0.29) is 5.41 Å². The van der Waals surface area contributed by atoms with E-state index in [9.17, 15) is 0 Å². The predicted molar refractivity (Wildman–Crippen MR) is 161 cm³/mol. The summed E-state index contributed by atoms with van der Waals surface area (Å²) < 4.78 is 1.07. The van der Waals surface area contributed by atoms with Gasteiger partial charge in [-0.2, -0.15) is 0 Å². The number of hydrogen-bond acceptors (Lipinski definition) is 3. The van der Waals surface area contributed by atoms with E-state index in [1.807, 2.05) is 60.7 Å². The first-order chi connectivity index (χ1) is 19.1. The van der Waals surface area contributed by atoms with Crippen molar-refractivity contribution in [3.05, 3.63) is 149 Å². The second kappa shape index (κ2) is 9.40. The van der Waals surface area contributed by atoms with Crippen LogP contribution < -0.4 is 0 Å². The molecule has 0 fully saturated rings. The first-order valence-corrected chi connectivity index (χ1v) is 13.8. The standard InChI is InChI=1S/C35H24BrN3/c1-35(25-16-9-4-10-17-25)29-19-11-18-28(31(29)27-21-20-26(36)22-30(27)35)34-38-32(23-12-5-2-6-13-23)37-33(39-34)24-14-7-3-8-15-24/h2-22H,1H3/t35-/m1/s1. The fourth-order valence-corrected chi connectivity index (χ4v) is 6.11. The zero-order valence-corrected chi connectivity index (χ0v) is 22.9. The Morgan fingerprint density at radius 1 is 0.513 bits per heavy atom. The number of fused-ring (bicyclic) bond motifs is 3. The van der Waals surface area contributed by atoms with Crippen molar-refractivity contribution in [1.29, 1.82) is 0 Å². The molecule has 0 unspecified atom stereocenters. The molecule has 1 heterocycles. The average Bonchev–Trinajstić information content (AvgIpc) is 3.26. The summed E-state index contributed by atoms with van der Waals surface area (Å²) in [6.07, 6.45) is 0. The lowest BCUT2D eigenvalue weighted by molar-refractivity contribution is 0.713. The summed E-state index contributed by atoms with van der Waals surface area (Å²) in [6.45, 7) is 2.32. The molecule has 0 radical (unpaired) electrons. The van der Waals surface area contributed by atoms with Crippen molar-refractivity contribution >= 4 is 15.9 Å². The second-order valence-electron chi connectivity index (χ2n) is 9.95. The molecular weight excluding hydrogens is 542 g/mol. The molecule has 1 aliphatic rings. The molecule has 6 aromatic rings. The van der Waals surface area contributed by atoms with Crippen LogP contribution in [0.2, 0.25) is 0 Å². The first-order valence-electron chi connectivity index (χ1n) is 13.0. The van der Waals surface area contributed by atoms with E-state index in [0.29, 0.717) is 17.5 Å². The highest BCUT2D eigenvalue weighted by atomic mass is 79.9. The average molecular weight is 567 g/mol. The quantitative estimate of drug-likeness (QED) is 0.214. The van der Waals surface area contributed by atoms with Crippen LogP contribution in [0.25, 0.3) is 45.3 Å². The lowest BCUT2D eigenvalue weighted by atomic mass is 9.74. The van der Waals surface area contributed by atoms with Gasteiger partial charge in [-0.15, -0.1) is 0 Å². The third-order valence-electron chi connectivity index (χ3n) is 7.68. The molecule has 0 spiro atoms. The van der Waals surface area contributed by atoms with Crippen LogP contribution in [0.5, 0.6) is 0 Å². The molecular formula is C35H24BrN3. The normalized spacial score (nSPS) is 15.5. The minimum atomic E-state index is -0.316. The van der Waals surface area contributed by atoms with Crippen molar-refractivity contribution in [3.8, 4) is 45.3 Å². The Balaban J connectivity index is 1.52. The number of rotatable bonds is 4. The monoisotopic (exact) mass is 565 g/mol. The summed E-state index contributed by atoms with van der Waals surface area (Å²) >= 11 is 3.74. The minimum absolute atomic E-state index is 0.316. The number of halogens is 1. The van der Waals surface area contributed by atoms with Crippen LogP contribution in [0.4, 0.5) is 0 Å². The smallest absolute Gasteiger partial charge is 0.164 e. The Morgan fingerprint density at radius 3 is 1.69 bits per heavy atom. The van der Waals surface area contributed by atoms with Gasteiger partial charge in [-0.25, -0.2) is 15.0 Å². The molecule has 0 saturated heterocycles. The lowest BCUT2D eigenvalue weighted by Gasteiger charge is -2.28. The highest BCUT2D eigenvalue weighted by Gasteiger charge is 2.42. The highest BCUT2D eigenvalue weighted by molar-refractivity contribution is 9.10. The molecule has 39 heavy (non-hydrogen) atoms. The first kappa shape index (κ1) is 23.7. The Hall–Kier alpha value is -4.41. The maximum absolute atomic E-state index is 5.06. The predicted octanol–water partition coefficient (Wildman–Crippen LogP) is 8.97. The summed E-state index contributed by atoms with van der Waals surface area (Å²) in [6, 6.07) is 44.1. The second-order valence-corrected chi connectivity index (χ2v) is 10.9. The van der Waals surface area contributed by atoms with E-state index >= 15 is 0 Å². The lowest BCUT2D eigenvalue weighted by Crippen LogP contribution is -2.22. The van der Waals surface area contributed by atoms with Crippen LogP contribution in [0.1, 0.15) is 23.6 Å². The van der Waals surface area contributed by atoms with Crippen LogP contribution in [0.15, 0.2) is 132 Å². The molecule has 186 valence electrons. The van der Waals surface area contributed by atoms with Crippen LogP contribution in [0, 0.1) is 0 Å². The number of aromatic nitrogens is 3. The molecule has 0 bridgehead atoms. The molecule has 1 atom stereocenters. The van der Waals surface area contributed by atoms with E-state index in [1.165, 1.54) is 27.8 Å². The van der Waals surface area contributed by atoms with E-state index in [0.717, 1.165) is 21.2 Å². The largest absolute Gasteiger partial charge is 0.208 e. The van der Waals surface area contributed by atoms with Gasteiger partial charge < -0.3 is 0 Å². The van der Waals surface area contributed by atoms with Gasteiger partial charge in [-0.05, 0) is 46.9 Å². The van der Waals surface area contributed by atoms with Gasteiger partial charge in [0.25, 0.3) is 0 Å². The maximum Gasteiger partial charge on any atom is 0.164 e. The Morgan fingerprint density at radius 2 is 1.08 bits per heavy atom. The van der Waals surface area contributed by atoms with Gasteiger partial charge in [0.15, 0.2) is 17.5 Å². The highest BCUT2D eigenvalue weighted by Crippen LogP contribution is 2.55. The summed E-state index contributed by atoms with van der Waals surface area (Å²) in [5.74, 6) is 2.00. The molecule has 1 aromatic heterocycles. The molecule has 4 heteroatoms. The van der Waals surface area contributed by atoms with Crippen LogP contribution >= 0.6 is 15.9 Å². The van der Waals surface area contributed by atoms with E-state index in [2.05, 4.69) is 89.6 Å². The van der Waals surface area contributed by atoms with Crippen molar-refractivity contribution in [3.63, 3.8) is 0 Å². The zero-order chi connectivity index (χ0) is 26.4. The SMILES string of the molecule is C[C@]1(c2ccccc2)c2cc(Br)ccc2-c2c(-c3nc(-c4ccccc4)nc(-c4ccccc4)n3)cccc21. The van der Waals surface area contributed by atoms with Gasteiger partial charge in [0.1, 0.15) is 0 Å². The molecule has 1 aliphatic carbocycles. The third-order valence-corrected chi connectivity index (χ3v) is 8.18. The summed E-state index contributed by atoms with van der Waals surface area (Å²) in [7, 11) is 0. The van der Waals surface area contributed by atoms with E-state index in [1.54, 1.807) is 0 Å². The van der Waals surface area contributed by atoms with Crippen LogP contribution in [-0.4, -0.2) is 15.0 Å². The van der Waals surface area contributed by atoms with Gasteiger partial charge in [0, 0.05) is 26.6 Å². The molecule has 3 nitrogen and oxygen atoms in total. The zero-order valence-electron chi connectivity index (χ0n) is 21.3. The van der Waals surface area contributed by atoms with Gasteiger partial charge in [0.2, 0.25) is 0 Å². The van der Waals surface area contributed by atoms with E-state index in [4.69, 9.17) is 15.0 Å². The summed E-state index contributed by atoms with van der Waals surface area (Å²) in [4.78, 5) is 15.0. The topological polar surface area (TPSA) is 38.7 Å². The molecule has 0 amide bonds. The fourth-order valence-electron chi connectivity index (χ4n) is 5.75. The number of benzene rings is 5. The van der Waals surface area contributed by atoms with Crippen molar-refractivity contribution in [2.45, 2.75) is 12.3 Å². The number of hydrogen-bond donors (Lipinski definition) is 0. The van der Waals surface area contributed by atoms with Crippen molar-refractivity contribution in [2.75, 3.05) is 0 Å². The number of nitrogens with zero attached hydrogens (tertiary/aromatic N) is 3. The molecule has 0 N–H and O–H groups in total. The summed E-state index contributed by atoms with van der Waals surface area (Å²) in [5, 5.41) is 0. The van der Waals surface area contributed by atoms with Gasteiger partial charge in [-0.1, -0.05) is 131 Å². The Labute approximate surface area is 236 Å². The van der Waals surface area contributed by atoms with Crippen LogP contribution in [-0.2, 0) is 5.41 Å². The minimum Gasteiger partial charge on any atom is -0.208 e. The Bertz CT molecular complexity index is 1760. The molecule has 7 rings (SSSR count). The maximum atomic E-state index is 5.06. The molecule has 0 saturated carbocycles. The molecule has 0 aliphatic heterocycles. The van der Waals surface area contributed by atoms with Gasteiger partial charge >= 0.3 is 0 Å². The molecule has 5 aromatic carbocycles. The van der Waals surface area contributed by atoms with Crippen molar-refractivity contribution in [2.24, 2.45) is 0 Å².